The van der Waals surface area contributed by atoms with Gasteiger partial charge in [0.1, 0.15) is 18.4 Å². The zero-order valence-electron chi connectivity index (χ0n) is 17.3. The Morgan fingerprint density at radius 3 is 2.48 bits per heavy atom. The molecule has 1 amide bonds. The van der Waals surface area contributed by atoms with E-state index in [1.165, 1.54) is 6.92 Å². The Morgan fingerprint density at radius 1 is 1.17 bits per heavy atom. The van der Waals surface area contributed by atoms with Gasteiger partial charge in [-0.05, 0) is 62.6 Å². The Bertz CT molecular complexity index is 992. The molecule has 0 spiro atoms. The van der Waals surface area contributed by atoms with Gasteiger partial charge in [-0.1, -0.05) is 29.8 Å². The van der Waals surface area contributed by atoms with Gasteiger partial charge in [0.05, 0.1) is 18.5 Å². The van der Waals surface area contributed by atoms with Gasteiger partial charge in [-0.3, -0.25) is 9.10 Å². The van der Waals surface area contributed by atoms with Crippen LogP contribution in [0.5, 0.6) is 5.75 Å². The highest BCUT2D eigenvalue weighted by molar-refractivity contribution is 7.92. The molecule has 0 radical (unpaired) electrons. The van der Waals surface area contributed by atoms with Crippen molar-refractivity contribution in [3.63, 3.8) is 0 Å². The van der Waals surface area contributed by atoms with E-state index in [9.17, 15) is 13.2 Å². The van der Waals surface area contributed by atoms with E-state index in [2.05, 4.69) is 5.32 Å². The van der Waals surface area contributed by atoms with Gasteiger partial charge in [0.2, 0.25) is 15.9 Å². The number of hydrogen-bond donors (Lipinski definition) is 1. The molecule has 2 rings (SSSR count). The molecular weight excluding hydrogens is 412 g/mol. The SMILES string of the molecule is Cc1ccc(N(C(C)C(=O)NCCOc2cccc(C)c2C)S(C)(=O)=O)cc1Cl. The normalized spacial score (nSPS) is 12.3. The van der Waals surface area contributed by atoms with Crippen molar-refractivity contribution in [1.82, 2.24) is 5.32 Å². The number of halogens is 1. The maximum absolute atomic E-state index is 12.6. The minimum Gasteiger partial charge on any atom is -0.491 e. The van der Waals surface area contributed by atoms with Crippen molar-refractivity contribution in [3.05, 3.63) is 58.1 Å². The highest BCUT2D eigenvalue weighted by Gasteiger charge is 2.29. The third kappa shape index (κ3) is 5.87. The number of hydrogen-bond acceptors (Lipinski definition) is 4. The van der Waals surface area contributed by atoms with Crippen molar-refractivity contribution in [1.29, 1.82) is 0 Å². The number of aryl methyl sites for hydroxylation is 2. The number of carbonyl (C=O) groups excluding carboxylic acids is 1. The molecule has 0 bridgehead atoms. The van der Waals surface area contributed by atoms with Crippen LogP contribution in [0.15, 0.2) is 36.4 Å². The second-order valence-corrected chi connectivity index (χ2v) is 9.27. The van der Waals surface area contributed by atoms with Crippen molar-refractivity contribution >= 4 is 33.2 Å². The summed E-state index contributed by atoms with van der Waals surface area (Å²) >= 11 is 6.14. The van der Waals surface area contributed by atoms with E-state index in [-0.39, 0.29) is 13.2 Å². The average Bonchev–Trinajstić information content (AvgIpc) is 2.63. The van der Waals surface area contributed by atoms with Crippen LogP contribution >= 0.6 is 11.6 Å². The van der Waals surface area contributed by atoms with Gasteiger partial charge in [-0.2, -0.15) is 0 Å². The number of ether oxygens (including phenoxy) is 1. The van der Waals surface area contributed by atoms with Gasteiger partial charge in [-0.15, -0.1) is 0 Å². The fourth-order valence-corrected chi connectivity index (χ4v) is 4.23. The van der Waals surface area contributed by atoms with E-state index in [1.807, 2.05) is 39.0 Å². The molecule has 8 heteroatoms. The van der Waals surface area contributed by atoms with Gasteiger partial charge < -0.3 is 10.1 Å². The maximum Gasteiger partial charge on any atom is 0.243 e. The molecule has 2 aromatic rings. The van der Waals surface area contributed by atoms with Gasteiger partial charge in [-0.25, -0.2) is 8.42 Å². The molecule has 0 heterocycles. The first-order chi connectivity index (χ1) is 13.5. The zero-order chi connectivity index (χ0) is 21.8. The Labute approximate surface area is 177 Å². The number of nitrogens with zero attached hydrogens (tertiary/aromatic N) is 1. The monoisotopic (exact) mass is 438 g/mol. The minimum absolute atomic E-state index is 0.253. The Kier molecular flexibility index (Phi) is 7.54. The molecule has 0 fully saturated rings. The van der Waals surface area contributed by atoms with Gasteiger partial charge in [0, 0.05) is 5.02 Å². The molecule has 0 aliphatic carbocycles. The van der Waals surface area contributed by atoms with Crippen molar-refractivity contribution in [2.24, 2.45) is 0 Å². The quantitative estimate of drug-likeness (QED) is 0.639. The first-order valence-electron chi connectivity index (χ1n) is 9.24. The number of rotatable bonds is 8. The van der Waals surface area contributed by atoms with Crippen LogP contribution in [-0.4, -0.2) is 39.8 Å². The van der Waals surface area contributed by atoms with Crippen LogP contribution in [0, 0.1) is 20.8 Å². The lowest BCUT2D eigenvalue weighted by atomic mass is 10.1. The minimum atomic E-state index is -3.69. The third-order valence-corrected chi connectivity index (χ3v) is 6.36. The van der Waals surface area contributed by atoms with E-state index in [0.717, 1.165) is 33.0 Å². The lowest BCUT2D eigenvalue weighted by Crippen LogP contribution is -2.48. The summed E-state index contributed by atoms with van der Waals surface area (Å²) in [6.07, 6.45) is 1.06. The van der Waals surface area contributed by atoms with E-state index in [1.54, 1.807) is 18.2 Å². The molecule has 1 atom stereocenters. The predicted octanol–water partition coefficient (Wildman–Crippen LogP) is 3.61. The molecule has 2 aromatic carbocycles. The molecule has 158 valence electrons. The van der Waals surface area contributed by atoms with E-state index in [0.29, 0.717) is 10.7 Å². The molecule has 0 saturated carbocycles. The van der Waals surface area contributed by atoms with Crippen LogP contribution in [0.4, 0.5) is 5.69 Å². The molecule has 0 aliphatic heterocycles. The molecule has 6 nitrogen and oxygen atoms in total. The second kappa shape index (κ2) is 9.50. The third-order valence-electron chi connectivity index (χ3n) is 4.71. The van der Waals surface area contributed by atoms with Crippen LogP contribution in [0.1, 0.15) is 23.6 Å². The topological polar surface area (TPSA) is 75.7 Å². The highest BCUT2D eigenvalue weighted by atomic mass is 35.5. The lowest BCUT2D eigenvalue weighted by molar-refractivity contribution is -0.121. The summed E-state index contributed by atoms with van der Waals surface area (Å²) in [5, 5.41) is 3.17. The Hall–Kier alpha value is -2.25. The van der Waals surface area contributed by atoms with Crippen LogP contribution in [0.3, 0.4) is 0 Å². The van der Waals surface area contributed by atoms with Crippen molar-refractivity contribution in [3.8, 4) is 5.75 Å². The van der Waals surface area contributed by atoms with Gasteiger partial charge in [0.15, 0.2) is 0 Å². The predicted molar refractivity (Wildman–Crippen MR) is 117 cm³/mol. The lowest BCUT2D eigenvalue weighted by Gasteiger charge is -2.28. The summed E-state index contributed by atoms with van der Waals surface area (Å²) in [5.74, 6) is 0.344. The summed E-state index contributed by atoms with van der Waals surface area (Å²) in [4.78, 5) is 12.6. The number of amides is 1. The van der Waals surface area contributed by atoms with E-state index < -0.39 is 22.0 Å². The van der Waals surface area contributed by atoms with Crippen LogP contribution in [-0.2, 0) is 14.8 Å². The highest BCUT2D eigenvalue weighted by Crippen LogP contribution is 2.26. The number of nitrogens with one attached hydrogen (secondary N) is 1. The van der Waals surface area contributed by atoms with E-state index in [4.69, 9.17) is 16.3 Å². The van der Waals surface area contributed by atoms with Crippen LogP contribution < -0.4 is 14.4 Å². The Morgan fingerprint density at radius 2 is 1.86 bits per heavy atom. The number of carbonyl (C=O) groups is 1. The molecule has 0 aliphatic rings. The second-order valence-electron chi connectivity index (χ2n) is 7.01. The first-order valence-corrected chi connectivity index (χ1v) is 11.5. The smallest absolute Gasteiger partial charge is 0.243 e. The standard InChI is InChI=1S/C21H27ClN2O4S/c1-14-7-6-8-20(16(14)3)28-12-11-23-21(25)17(4)24(29(5,26)27)18-10-9-15(2)19(22)13-18/h6-10,13,17H,11-12H2,1-5H3,(H,23,25). The maximum atomic E-state index is 12.6. The first kappa shape index (κ1) is 23.0. The van der Waals surface area contributed by atoms with Crippen molar-refractivity contribution in [2.45, 2.75) is 33.7 Å². The fourth-order valence-electron chi connectivity index (χ4n) is 2.89. The summed E-state index contributed by atoms with van der Waals surface area (Å²) in [6.45, 7) is 7.87. The number of benzene rings is 2. The van der Waals surface area contributed by atoms with Crippen LogP contribution in [0.2, 0.25) is 5.02 Å². The molecule has 29 heavy (non-hydrogen) atoms. The molecular formula is C21H27ClN2O4S. The number of sulfonamides is 1. The van der Waals surface area contributed by atoms with Crippen LogP contribution in [0.25, 0.3) is 0 Å². The largest absolute Gasteiger partial charge is 0.491 e. The van der Waals surface area contributed by atoms with Gasteiger partial charge in [0.25, 0.3) is 0 Å². The fraction of sp³-hybridized carbons (Fsp3) is 0.381. The van der Waals surface area contributed by atoms with E-state index >= 15 is 0 Å². The summed E-state index contributed by atoms with van der Waals surface area (Å²) in [7, 11) is -3.69. The molecule has 1 N–H and O–H groups in total. The Balaban J connectivity index is 2.03. The molecule has 0 saturated heterocycles. The van der Waals surface area contributed by atoms with Crippen molar-refractivity contribution in [2.75, 3.05) is 23.7 Å². The summed E-state index contributed by atoms with van der Waals surface area (Å²) < 4.78 is 31.5. The zero-order valence-corrected chi connectivity index (χ0v) is 18.9. The summed E-state index contributed by atoms with van der Waals surface area (Å²) in [5.41, 5.74) is 3.34. The average molecular weight is 439 g/mol. The number of anilines is 1. The summed E-state index contributed by atoms with van der Waals surface area (Å²) in [6, 6.07) is 9.75. The van der Waals surface area contributed by atoms with Crippen molar-refractivity contribution < 1.29 is 17.9 Å². The molecule has 1 unspecified atom stereocenters. The van der Waals surface area contributed by atoms with Gasteiger partial charge >= 0.3 is 0 Å². The molecule has 0 aromatic heterocycles.